The van der Waals surface area contributed by atoms with Gasteiger partial charge in [-0.2, -0.15) is 0 Å². The van der Waals surface area contributed by atoms with Gasteiger partial charge >= 0.3 is 5.97 Å². The predicted molar refractivity (Wildman–Crippen MR) is 69.2 cm³/mol. The molecule has 0 amide bonds. The van der Waals surface area contributed by atoms with Crippen molar-refractivity contribution in [3.8, 4) is 0 Å². The average molecular weight is 233 g/mol. The van der Waals surface area contributed by atoms with E-state index in [2.05, 4.69) is 24.0 Å². The molecule has 0 aliphatic heterocycles. The highest BCUT2D eigenvalue weighted by atomic mass is 16.4. The van der Waals surface area contributed by atoms with E-state index in [1.54, 1.807) is 6.08 Å². The molecule has 0 radical (unpaired) electrons. The maximum atomic E-state index is 10.3. The summed E-state index contributed by atoms with van der Waals surface area (Å²) in [4.78, 5) is 12.4. The number of likely N-dealkylation sites (N-methyl/N-ethyl adjacent to an activating group) is 1. The van der Waals surface area contributed by atoms with Gasteiger partial charge in [-0.05, 0) is 31.5 Å². The molecule has 0 aliphatic carbocycles. The predicted octanol–water partition coefficient (Wildman–Crippen LogP) is 2.11. The molecule has 0 spiro atoms. The summed E-state index contributed by atoms with van der Waals surface area (Å²) in [5.41, 5.74) is 2.66. The Hall–Kier alpha value is -1.61. The molecule has 0 unspecified atom stereocenters. The van der Waals surface area contributed by atoms with Crippen molar-refractivity contribution < 1.29 is 9.90 Å². The van der Waals surface area contributed by atoms with Gasteiger partial charge in [0, 0.05) is 19.2 Å². The van der Waals surface area contributed by atoms with Crippen LogP contribution in [0.2, 0.25) is 0 Å². The molecule has 0 aromatic heterocycles. The first-order valence-corrected chi connectivity index (χ1v) is 5.72. The minimum absolute atomic E-state index is 0.665. The number of hydrogen-bond acceptors (Lipinski definition) is 2. The van der Waals surface area contributed by atoms with Gasteiger partial charge in [-0.3, -0.25) is 0 Å². The molecule has 1 rings (SSSR count). The highest BCUT2D eigenvalue weighted by Gasteiger charge is 2.00. The van der Waals surface area contributed by atoms with E-state index in [1.807, 2.05) is 19.2 Å². The smallest absolute Gasteiger partial charge is 0.328 e. The SMILES string of the molecule is Cc1ccccc1CCN(C)C/C=C/C(=O)O. The van der Waals surface area contributed by atoms with Gasteiger partial charge in [0.1, 0.15) is 0 Å². The third-order valence-corrected chi connectivity index (χ3v) is 2.70. The molecule has 0 heterocycles. The largest absolute Gasteiger partial charge is 0.478 e. The van der Waals surface area contributed by atoms with E-state index in [-0.39, 0.29) is 0 Å². The van der Waals surface area contributed by atoms with E-state index in [1.165, 1.54) is 17.2 Å². The van der Waals surface area contributed by atoms with E-state index >= 15 is 0 Å². The molecule has 0 aliphatic rings. The number of carbonyl (C=O) groups is 1. The zero-order chi connectivity index (χ0) is 12.7. The molecule has 1 aromatic carbocycles. The first-order valence-electron chi connectivity index (χ1n) is 5.72. The van der Waals surface area contributed by atoms with E-state index in [0.717, 1.165) is 13.0 Å². The molecule has 92 valence electrons. The van der Waals surface area contributed by atoms with Gasteiger partial charge in [0.2, 0.25) is 0 Å². The fraction of sp³-hybridized carbons (Fsp3) is 0.357. The number of rotatable bonds is 6. The number of hydrogen-bond donors (Lipinski definition) is 1. The summed E-state index contributed by atoms with van der Waals surface area (Å²) in [6, 6.07) is 8.33. The van der Waals surface area contributed by atoms with Crippen LogP contribution >= 0.6 is 0 Å². The molecular weight excluding hydrogens is 214 g/mol. The third-order valence-electron chi connectivity index (χ3n) is 2.70. The van der Waals surface area contributed by atoms with Crippen molar-refractivity contribution in [3.63, 3.8) is 0 Å². The summed E-state index contributed by atoms with van der Waals surface area (Å²) < 4.78 is 0. The zero-order valence-corrected chi connectivity index (χ0v) is 10.4. The van der Waals surface area contributed by atoms with E-state index < -0.39 is 5.97 Å². The normalized spacial score (nSPS) is 11.2. The molecule has 3 nitrogen and oxygen atoms in total. The molecule has 0 saturated carbocycles. The maximum absolute atomic E-state index is 10.3. The fourth-order valence-corrected chi connectivity index (χ4v) is 1.63. The Bertz CT molecular complexity index is 399. The quantitative estimate of drug-likeness (QED) is 0.765. The maximum Gasteiger partial charge on any atom is 0.328 e. The van der Waals surface area contributed by atoms with Crippen molar-refractivity contribution in [2.24, 2.45) is 0 Å². The zero-order valence-electron chi connectivity index (χ0n) is 10.4. The number of carboxylic acids is 1. The van der Waals surface area contributed by atoms with E-state index in [9.17, 15) is 4.79 Å². The fourth-order valence-electron chi connectivity index (χ4n) is 1.63. The van der Waals surface area contributed by atoms with Crippen LogP contribution in [0, 0.1) is 6.92 Å². The number of benzene rings is 1. The van der Waals surface area contributed by atoms with E-state index in [4.69, 9.17) is 5.11 Å². The molecule has 17 heavy (non-hydrogen) atoms. The van der Waals surface area contributed by atoms with Gasteiger partial charge in [0.25, 0.3) is 0 Å². The summed E-state index contributed by atoms with van der Waals surface area (Å²) in [6.45, 7) is 3.70. The lowest BCUT2D eigenvalue weighted by Crippen LogP contribution is -2.21. The minimum Gasteiger partial charge on any atom is -0.478 e. The molecule has 0 bridgehead atoms. The molecular formula is C14H19NO2. The molecule has 1 aromatic rings. The number of nitrogens with zero attached hydrogens (tertiary/aromatic N) is 1. The Morgan fingerprint density at radius 2 is 2.12 bits per heavy atom. The minimum atomic E-state index is -0.891. The van der Waals surface area contributed by atoms with Crippen LogP contribution in [0.1, 0.15) is 11.1 Å². The molecule has 1 N–H and O–H groups in total. The van der Waals surface area contributed by atoms with Crippen LogP contribution < -0.4 is 0 Å². The monoisotopic (exact) mass is 233 g/mol. The van der Waals surface area contributed by atoms with Crippen molar-refractivity contribution >= 4 is 5.97 Å². The van der Waals surface area contributed by atoms with E-state index in [0.29, 0.717) is 6.54 Å². The molecule has 0 atom stereocenters. The van der Waals surface area contributed by atoms with Crippen molar-refractivity contribution in [3.05, 3.63) is 47.5 Å². The van der Waals surface area contributed by atoms with Crippen LogP contribution in [0.4, 0.5) is 0 Å². The second-order valence-electron chi connectivity index (χ2n) is 4.18. The Balaban J connectivity index is 2.36. The Morgan fingerprint density at radius 1 is 1.41 bits per heavy atom. The van der Waals surface area contributed by atoms with Crippen LogP contribution in [0.5, 0.6) is 0 Å². The van der Waals surface area contributed by atoms with Crippen LogP contribution in [0.3, 0.4) is 0 Å². The number of aliphatic carboxylic acids is 1. The first kappa shape index (κ1) is 13.5. The van der Waals surface area contributed by atoms with Crippen LogP contribution in [0.25, 0.3) is 0 Å². The second kappa shape index (κ2) is 6.86. The topological polar surface area (TPSA) is 40.5 Å². The second-order valence-corrected chi connectivity index (χ2v) is 4.18. The number of carboxylic acid groups (broad SMARTS) is 1. The summed E-state index contributed by atoms with van der Waals surface area (Å²) in [7, 11) is 1.99. The lowest BCUT2D eigenvalue weighted by Gasteiger charge is -2.14. The summed E-state index contributed by atoms with van der Waals surface area (Å²) >= 11 is 0. The summed E-state index contributed by atoms with van der Waals surface area (Å²) in [5, 5.41) is 8.47. The van der Waals surface area contributed by atoms with Crippen LogP contribution in [-0.4, -0.2) is 36.1 Å². The first-order chi connectivity index (χ1) is 8.09. The van der Waals surface area contributed by atoms with Crippen LogP contribution in [0.15, 0.2) is 36.4 Å². The van der Waals surface area contributed by atoms with Crippen LogP contribution in [-0.2, 0) is 11.2 Å². The molecule has 3 heteroatoms. The average Bonchev–Trinajstić information content (AvgIpc) is 2.27. The Kier molecular flexibility index (Phi) is 5.43. The number of aryl methyl sites for hydroxylation is 1. The summed E-state index contributed by atoms with van der Waals surface area (Å²) in [5.74, 6) is -0.891. The Labute approximate surface area is 102 Å². The lowest BCUT2D eigenvalue weighted by molar-refractivity contribution is -0.131. The molecule has 0 fully saturated rings. The van der Waals surface area contributed by atoms with Gasteiger partial charge in [-0.25, -0.2) is 4.79 Å². The van der Waals surface area contributed by atoms with Crippen molar-refractivity contribution in [1.29, 1.82) is 0 Å². The highest BCUT2D eigenvalue weighted by Crippen LogP contribution is 2.07. The van der Waals surface area contributed by atoms with Crippen molar-refractivity contribution in [2.45, 2.75) is 13.3 Å². The molecule has 0 saturated heterocycles. The third kappa shape index (κ3) is 5.31. The highest BCUT2D eigenvalue weighted by molar-refractivity contribution is 5.79. The van der Waals surface area contributed by atoms with Gasteiger partial charge in [0.05, 0.1) is 0 Å². The van der Waals surface area contributed by atoms with Gasteiger partial charge in [-0.1, -0.05) is 30.3 Å². The Morgan fingerprint density at radius 3 is 2.76 bits per heavy atom. The van der Waals surface area contributed by atoms with Crippen molar-refractivity contribution in [2.75, 3.05) is 20.1 Å². The summed E-state index contributed by atoms with van der Waals surface area (Å²) in [6.07, 6.45) is 3.84. The standard InChI is InChI=1S/C14H19NO2/c1-12-6-3-4-7-13(12)9-11-15(2)10-5-8-14(16)17/h3-8H,9-11H2,1-2H3,(H,16,17)/b8-5+. The van der Waals surface area contributed by atoms with Gasteiger partial charge in [-0.15, -0.1) is 0 Å². The lowest BCUT2D eigenvalue weighted by atomic mass is 10.1. The van der Waals surface area contributed by atoms with Crippen molar-refractivity contribution in [1.82, 2.24) is 4.90 Å². The van der Waals surface area contributed by atoms with Gasteiger partial charge < -0.3 is 10.0 Å². The van der Waals surface area contributed by atoms with Gasteiger partial charge in [0.15, 0.2) is 0 Å².